The highest BCUT2D eigenvalue weighted by Crippen LogP contribution is 2.28. The van der Waals surface area contributed by atoms with Crippen LogP contribution in [0.5, 0.6) is 0 Å². The number of rotatable bonds is 2. The van der Waals surface area contributed by atoms with Crippen molar-refractivity contribution in [2.24, 2.45) is 0 Å². The average Bonchev–Trinajstić information content (AvgIpc) is 2.60. The molecule has 0 fully saturated rings. The van der Waals surface area contributed by atoms with Crippen molar-refractivity contribution in [3.63, 3.8) is 0 Å². The molecule has 0 aliphatic heterocycles. The molecule has 0 aliphatic carbocycles. The van der Waals surface area contributed by atoms with E-state index in [1.165, 1.54) is 0 Å². The Hall–Kier alpha value is -2.10. The van der Waals surface area contributed by atoms with Gasteiger partial charge >= 0.3 is 0 Å². The van der Waals surface area contributed by atoms with Gasteiger partial charge in [0.25, 0.3) is 0 Å². The maximum Gasteiger partial charge on any atom is 0.157 e. The third-order valence-corrected chi connectivity index (χ3v) is 2.25. The minimum absolute atomic E-state index is 0.476. The van der Waals surface area contributed by atoms with Crippen LogP contribution in [-0.2, 0) is 0 Å². The van der Waals surface area contributed by atoms with E-state index in [1.54, 1.807) is 25.1 Å². The number of hydrogen-bond donors (Lipinski definition) is 1. The van der Waals surface area contributed by atoms with Gasteiger partial charge in [0.15, 0.2) is 12.0 Å². The lowest BCUT2D eigenvalue weighted by Gasteiger charge is -2.00. The lowest BCUT2D eigenvalue weighted by molar-refractivity contribution is 0.112. The van der Waals surface area contributed by atoms with Crippen LogP contribution in [-0.4, -0.2) is 11.4 Å². The molecule has 0 unspecified atom stereocenters. The molecule has 4 heteroatoms. The Morgan fingerprint density at radius 3 is 2.73 bits per heavy atom. The van der Waals surface area contributed by atoms with Crippen molar-refractivity contribution in [2.75, 3.05) is 5.73 Å². The SMILES string of the molecule is Cc1onc(-c2ccccc2C=O)c1N. The molecule has 0 saturated carbocycles. The van der Waals surface area contributed by atoms with Gasteiger partial charge in [0.2, 0.25) is 0 Å². The number of carbonyl (C=O) groups is 1. The second-order valence-electron chi connectivity index (χ2n) is 3.21. The van der Waals surface area contributed by atoms with Crippen molar-refractivity contribution >= 4 is 12.0 Å². The summed E-state index contributed by atoms with van der Waals surface area (Å²) in [6, 6.07) is 7.12. The van der Waals surface area contributed by atoms with Crippen molar-refractivity contribution in [1.82, 2.24) is 5.16 Å². The summed E-state index contributed by atoms with van der Waals surface area (Å²) < 4.78 is 4.96. The van der Waals surface area contributed by atoms with Gasteiger partial charge in [0.05, 0.1) is 0 Å². The van der Waals surface area contributed by atoms with E-state index in [9.17, 15) is 4.79 Å². The zero-order valence-electron chi connectivity index (χ0n) is 8.23. The monoisotopic (exact) mass is 202 g/mol. The molecule has 76 valence electrons. The summed E-state index contributed by atoms with van der Waals surface area (Å²) >= 11 is 0. The van der Waals surface area contributed by atoms with Crippen LogP contribution >= 0.6 is 0 Å². The van der Waals surface area contributed by atoms with Crippen LogP contribution in [0.2, 0.25) is 0 Å². The number of nitrogen functional groups attached to an aromatic ring is 1. The summed E-state index contributed by atoms with van der Waals surface area (Å²) in [5.74, 6) is 0.561. The van der Waals surface area contributed by atoms with Gasteiger partial charge in [-0.15, -0.1) is 0 Å². The van der Waals surface area contributed by atoms with E-state index in [-0.39, 0.29) is 0 Å². The van der Waals surface area contributed by atoms with Gasteiger partial charge in [0.1, 0.15) is 11.4 Å². The Labute approximate surface area is 86.7 Å². The van der Waals surface area contributed by atoms with Crippen LogP contribution in [0.1, 0.15) is 16.1 Å². The summed E-state index contributed by atoms with van der Waals surface area (Å²) in [7, 11) is 0. The van der Waals surface area contributed by atoms with Crippen molar-refractivity contribution in [3.8, 4) is 11.3 Å². The summed E-state index contributed by atoms with van der Waals surface area (Å²) in [6.07, 6.45) is 0.777. The van der Waals surface area contributed by atoms with Gasteiger partial charge in [-0.2, -0.15) is 0 Å². The first-order valence-electron chi connectivity index (χ1n) is 4.50. The molecule has 2 N–H and O–H groups in total. The quantitative estimate of drug-likeness (QED) is 0.756. The first-order valence-corrected chi connectivity index (χ1v) is 4.50. The van der Waals surface area contributed by atoms with Gasteiger partial charge < -0.3 is 10.3 Å². The zero-order valence-corrected chi connectivity index (χ0v) is 8.23. The summed E-state index contributed by atoms with van der Waals surface area (Å²) in [6.45, 7) is 1.73. The molecule has 4 nitrogen and oxygen atoms in total. The maximum absolute atomic E-state index is 10.8. The predicted molar refractivity (Wildman–Crippen MR) is 56.5 cm³/mol. The second-order valence-corrected chi connectivity index (χ2v) is 3.21. The molecule has 2 aromatic rings. The summed E-state index contributed by atoms with van der Waals surface area (Å²) in [5, 5.41) is 3.84. The fourth-order valence-electron chi connectivity index (χ4n) is 1.39. The lowest BCUT2D eigenvalue weighted by Crippen LogP contribution is -1.92. The van der Waals surface area contributed by atoms with E-state index < -0.39 is 0 Å². The zero-order chi connectivity index (χ0) is 10.8. The number of aryl methyl sites for hydroxylation is 1. The van der Waals surface area contributed by atoms with Crippen LogP contribution in [0.15, 0.2) is 28.8 Å². The molecule has 0 spiro atoms. The molecule has 0 atom stereocenters. The normalized spacial score (nSPS) is 10.2. The fourth-order valence-corrected chi connectivity index (χ4v) is 1.39. The molecule has 2 rings (SSSR count). The van der Waals surface area contributed by atoms with Crippen LogP contribution < -0.4 is 5.73 Å². The topological polar surface area (TPSA) is 69.1 Å². The minimum atomic E-state index is 0.476. The Bertz CT molecular complexity index is 503. The Kier molecular flexibility index (Phi) is 2.25. The molecule has 0 radical (unpaired) electrons. The smallest absolute Gasteiger partial charge is 0.157 e. The summed E-state index contributed by atoms with van der Waals surface area (Å²) in [5.41, 5.74) is 8.03. The predicted octanol–water partition coefficient (Wildman–Crippen LogP) is 2.04. The van der Waals surface area contributed by atoms with E-state index >= 15 is 0 Å². The van der Waals surface area contributed by atoms with Gasteiger partial charge in [-0.25, -0.2) is 0 Å². The van der Waals surface area contributed by atoms with E-state index in [0.29, 0.717) is 28.3 Å². The molecular weight excluding hydrogens is 192 g/mol. The Balaban J connectivity index is 2.63. The highest BCUT2D eigenvalue weighted by molar-refractivity contribution is 5.89. The van der Waals surface area contributed by atoms with E-state index in [2.05, 4.69) is 5.16 Å². The number of benzene rings is 1. The van der Waals surface area contributed by atoms with E-state index in [4.69, 9.17) is 10.3 Å². The van der Waals surface area contributed by atoms with Crippen molar-refractivity contribution in [2.45, 2.75) is 6.92 Å². The van der Waals surface area contributed by atoms with Crippen LogP contribution in [0.25, 0.3) is 11.3 Å². The number of aldehydes is 1. The number of hydrogen-bond acceptors (Lipinski definition) is 4. The minimum Gasteiger partial charge on any atom is -0.394 e. The largest absolute Gasteiger partial charge is 0.394 e. The molecular formula is C11H10N2O2. The molecule has 0 amide bonds. The molecule has 0 bridgehead atoms. The first kappa shape index (κ1) is 9.45. The first-order chi connectivity index (χ1) is 7.24. The number of aromatic nitrogens is 1. The fraction of sp³-hybridized carbons (Fsp3) is 0.0909. The Morgan fingerprint density at radius 1 is 1.40 bits per heavy atom. The Morgan fingerprint density at radius 2 is 2.13 bits per heavy atom. The molecule has 0 aliphatic rings. The van der Waals surface area contributed by atoms with Crippen molar-refractivity contribution < 1.29 is 9.32 Å². The molecule has 15 heavy (non-hydrogen) atoms. The van der Waals surface area contributed by atoms with Crippen molar-refractivity contribution in [1.29, 1.82) is 0 Å². The molecule has 1 aromatic carbocycles. The maximum atomic E-state index is 10.8. The number of carbonyl (C=O) groups excluding carboxylic acids is 1. The molecule has 0 saturated heterocycles. The molecule has 1 aromatic heterocycles. The third-order valence-electron chi connectivity index (χ3n) is 2.25. The highest BCUT2D eigenvalue weighted by Gasteiger charge is 2.13. The van der Waals surface area contributed by atoms with Crippen LogP contribution in [0.3, 0.4) is 0 Å². The van der Waals surface area contributed by atoms with E-state index in [0.717, 1.165) is 6.29 Å². The van der Waals surface area contributed by atoms with Crippen molar-refractivity contribution in [3.05, 3.63) is 35.6 Å². The van der Waals surface area contributed by atoms with E-state index in [1.807, 2.05) is 6.07 Å². The third kappa shape index (κ3) is 1.50. The van der Waals surface area contributed by atoms with Gasteiger partial charge in [-0.1, -0.05) is 29.4 Å². The highest BCUT2D eigenvalue weighted by atomic mass is 16.5. The van der Waals surface area contributed by atoms with Crippen LogP contribution in [0.4, 0.5) is 5.69 Å². The number of nitrogens with two attached hydrogens (primary N) is 1. The van der Waals surface area contributed by atoms with Crippen LogP contribution in [0, 0.1) is 6.92 Å². The van der Waals surface area contributed by atoms with Gasteiger partial charge in [-0.05, 0) is 6.92 Å². The standard InChI is InChI=1S/C11H10N2O2/c1-7-10(12)11(13-15-7)9-5-3-2-4-8(9)6-14/h2-6H,12H2,1H3. The second kappa shape index (κ2) is 3.57. The molecule has 1 heterocycles. The number of nitrogens with zero attached hydrogens (tertiary/aromatic N) is 1. The lowest BCUT2D eigenvalue weighted by atomic mass is 10.0. The average molecular weight is 202 g/mol. The van der Waals surface area contributed by atoms with Gasteiger partial charge in [0, 0.05) is 11.1 Å². The van der Waals surface area contributed by atoms with Gasteiger partial charge in [-0.3, -0.25) is 4.79 Å². The summed E-state index contributed by atoms with van der Waals surface area (Å²) in [4.78, 5) is 10.8. The number of anilines is 1.